The maximum absolute atomic E-state index is 12.7. The lowest BCUT2D eigenvalue weighted by Gasteiger charge is -2.34. The van der Waals surface area contributed by atoms with Crippen LogP contribution in [0.5, 0.6) is 0 Å². The van der Waals surface area contributed by atoms with Crippen molar-refractivity contribution in [3.05, 3.63) is 47.5 Å². The van der Waals surface area contributed by atoms with Gasteiger partial charge in [0.25, 0.3) is 5.91 Å². The molecule has 1 atom stereocenters. The number of fused-ring (bicyclic) bond motifs is 1. The number of para-hydroxylation sites is 1. The number of rotatable bonds is 1. The molecule has 0 saturated carbocycles. The summed E-state index contributed by atoms with van der Waals surface area (Å²) in [5.74, 6) is 0.670. The predicted molar refractivity (Wildman–Crippen MR) is 80.5 cm³/mol. The lowest BCUT2D eigenvalue weighted by atomic mass is 10.2. The van der Waals surface area contributed by atoms with Crippen LogP contribution in [0.25, 0.3) is 0 Å². The zero-order valence-electron chi connectivity index (χ0n) is 10.8. The van der Waals surface area contributed by atoms with Crippen LogP contribution in [0.1, 0.15) is 17.4 Å². The molecule has 0 N–H and O–H groups in total. The fourth-order valence-electron chi connectivity index (χ4n) is 2.19. The summed E-state index contributed by atoms with van der Waals surface area (Å²) in [6.07, 6.45) is 2.78. The first-order valence-corrected chi connectivity index (χ1v) is 7.55. The first-order valence-electron chi connectivity index (χ1n) is 6.19. The SMILES string of the molecule is C[C@H]1CSc2ccccc2N1C(=O)c1ncncc1Cl. The molecule has 20 heavy (non-hydrogen) atoms. The minimum absolute atomic E-state index is 0.0911. The average Bonchev–Trinajstić information content (AvgIpc) is 2.47. The number of carbonyl (C=O) groups excluding carboxylic acids is 1. The Balaban J connectivity index is 2.05. The van der Waals surface area contributed by atoms with Crippen LogP contribution in [0, 0.1) is 0 Å². The van der Waals surface area contributed by atoms with Crippen molar-refractivity contribution in [1.82, 2.24) is 9.97 Å². The van der Waals surface area contributed by atoms with Crippen molar-refractivity contribution < 1.29 is 4.79 Å². The molecule has 0 unspecified atom stereocenters. The molecule has 2 heterocycles. The Hall–Kier alpha value is -1.59. The molecule has 0 bridgehead atoms. The second-order valence-corrected chi connectivity index (χ2v) is 5.99. The topological polar surface area (TPSA) is 46.1 Å². The van der Waals surface area contributed by atoms with E-state index in [0.29, 0.717) is 0 Å². The van der Waals surface area contributed by atoms with Gasteiger partial charge in [-0.05, 0) is 19.1 Å². The van der Waals surface area contributed by atoms with Gasteiger partial charge in [0.15, 0.2) is 5.69 Å². The van der Waals surface area contributed by atoms with Crippen molar-refractivity contribution in [1.29, 1.82) is 0 Å². The minimum atomic E-state index is -0.183. The highest BCUT2D eigenvalue weighted by molar-refractivity contribution is 7.99. The smallest absolute Gasteiger partial charge is 0.278 e. The van der Waals surface area contributed by atoms with E-state index in [1.165, 1.54) is 12.5 Å². The van der Waals surface area contributed by atoms with Crippen molar-refractivity contribution >= 4 is 35.0 Å². The molecule has 1 aromatic carbocycles. The van der Waals surface area contributed by atoms with E-state index in [2.05, 4.69) is 9.97 Å². The van der Waals surface area contributed by atoms with Crippen molar-refractivity contribution in [2.75, 3.05) is 10.7 Å². The average molecular weight is 306 g/mol. The van der Waals surface area contributed by atoms with Gasteiger partial charge >= 0.3 is 0 Å². The van der Waals surface area contributed by atoms with Gasteiger partial charge in [-0.3, -0.25) is 4.79 Å². The third kappa shape index (κ3) is 2.27. The molecule has 0 aliphatic carbocycles. The molecule has 0 fully saturated rings. The van der Waals surface area contributed by atoms with Gasteiger partial charge in [-0.2, -0.15) is 0 Å². The molecular weight excluding hydrogens is 294 g/mol. The Labute approximate surface area is 126 Å². The zero-order valence-corrected chi connectivity index (χ0v) is 12.4. The molecule has 0 saturated heterocycles. The molecule has 1 amide bonds. The second kappa shape index (κ2) is 5.42. The van der Waals surface area contributed by atoms with Crippen LogP contribution in [0.15, 0.2) is 41.7 Å². The number of amides is 1. The normalized spacial score (nSPS) is 17.7. The first kappa shape index (κ1) is 13.4. The van der Waals surface area contributed by atoms with Gasteiger partial charge < -0.3 is 4.90 Å². The van der Waals surface area contributed by atoms with Crippen molar-refractivity contribution in [3.63, 3.8) is 0 Å². The number of halogens is 1. The molecule has 102 valence electrons. The summed E-state index contributed by atoms with van der Waals surface area (Å²) in [7, 11) is 0. The van der Waals surface area contributed by atoms with Gasteiger partial charge in [-0.15, -0.1) is 11.8 Å². The summed E-state index contributed by atoms with van der Waals surface area (Å²) in [5, 5.41) is 0.278. The summed E-state index contributed by atoms with van der Waals surface area (Å²) in [6, 6.07) is 7.97. The van der Waals surface area contributed by atoms with Gasteiger partial charge in [0.2, 0.25) is 0 Å². The molecule has 3 rings (SSSR count). The van der Waals surface area contributed by atoms with Gasteiger partial charge in [0.05, 0.1) is 10.7 Å². The fourth-order valence-corrected chi connectivity index (χ4v) is 3.44. The van der Waals surface area contributed by atoms with E-state index >= 15 is 0 Å². The first-order chi connectivity index (χ1) is 9.68. The molecule has 4 nitrogen and oxygen atoms in total. The Kier molecular flexibility index (Phi) is 3.63. The van der Waals surface area contributed by atoms with Crippen LogP contribution in [-0.2, 0) is 0 Å². The predicted octanol–water partition coefficient (Wildman–Crippen LogP) is 3.27. The fraction of sp³-hybridized carbons (Fsp3) is 0.214. The maximum Gasteiger partial charge on any atom is 0.278 e. The van der Waals surface area contributed by atoms with Crippen LogP contribution in [-0.4, -0.2) is 27.7 Å². The van der Waals surface area contributed by atoms with Gasteiger partial charge in [0.1, 0.15) is 6.33 Å². The van der Waals surface area contributed by atoms with Gasteiger partial charge in [0, 0.05) is 22.9 Å². The molecular formula is C14H12ClN3OS. The van der Waals surface area contributed by atoms with Crippen molar-refractivity contribution in [2.24, 2.45) is 0 Å². The number of nitrogens with zero attached hydrogens (tertiary/aromatic N) is 3. The van der Waals surface area contributed by atoms with Crippen LogP contribution in [0.2, 0.25) is 5.02 Å². The Morgan fingerprint density at radius 3 is 3.05 bits per heavy atom. The Bertz CT molecular complexity index is 664. The molecule has 1 aliphatic rings. The standard InChI is InChI=1S/C14H12ClN3OS/c1-9-7-20-12-5-3-2-4-11(12)18(9)14(19)13-10(15)6-16-8-17-13/h2-6,8-9H,7H2,1H3/t9-/m0/s1. The number of hydrogen-bond acceptors (Lipinski definition) is 4. The Morgan fingerprint density at radius 2 is 2.25 bits per heavy atom. The Morgan fingerprint density at radius 1 is 1.45 bits per heavy atom. The van der Waals surface area contributed by atoms with E-state index in [1.54, 1.807) is 16.7 Å². The lowest BCUT2D eigenvalue weighted by molar-refractivity contribution is 0.0975. The van der Waals surface area contributed by atoms with Crippen LogP contribution in [0.4, 0.5) is 5.69 Å². The second-order valence-electron chi connectivity index (χ2n) is 4.52. The monoisotopic (exact) mass is 305 g/mol. The molecule has 1 aromatic heterocycles. The molecule has 6 heteroatoms. The minimum Gasteiger partial charge on any atom is -0.302 e. The summed E-state index contributed by atoms with van der Waals surface area (Å²) in [4.78, 5) is 23.4. The van der Waals surface area contributed by atoms with Gasteiger partial charge in [-0.25, -0.2) is 9.97 Å². The van der Waals surface area contributed by atoms with Crippen molar-refractivity contribution in [3.8, 4) is 0 Å². The summed E-state index contributed by atoms with van der Waals surface area (Å²) >= 11 is 7.79. The zero-order chi connectivity index (χ0) is 14.1. The third-order valence-corrected chi connectivity index (χ3v) is 4.72. The van der Waals surface area contributed by atoms with Crippen molar-refractivity contribution in [2.45, 2.75) is 17.9 Å². The number of carbonyl (C=O) groups is 1. The van der Waals surface area contributed by atoms with E-state index < -0.39 is 0 Å². The highest BCUT2D eigenvalue weighted by Gasteiger charge is 2.30. The molecule has 0 radical (unpaired) electrons. The molecule has 1 aliphatic heterocycles. The van der Waals surface area contributed by atoms with E-state index in [0.717, 1.165) is 16.3 Å². The number of thioether (sulfide) groups is 1. The van der Waals surface area contributed by atoms with E-state index in [4.69, 9.17) is 11.6 Å². The molecule has 2 aromatic rings. The number of benzene rings is 1. The van der Waals surface area contributed by atoms with E-state index in [9.17, 15) is 4.79 Å². The largest absolute Gasteiger partial charge is 0.302 e. The summed E-state index contributed by atoms with van der Waals surface area (Å²) in [6.45, 7) is 2.02. The highest BCUT2D eigenvalue weighted by Crippen LogP contribution is 2.38. The van der Waals surface area contributed by atoms with E-state index in [-0.39, 0.29) is 22.7 Å². The summed E-state index contributed by atoms with van der Waals surface area (Å²) in [5.41, 5.74) is 1.16. The third-order valence-electron chi connectivity index (χ3n) is 3.13. The van der Waals surface area contributed by atoms with Gasteiger partial charge in [-0.1, -0.05) is 23.7 Å². The number of aromatic nitrogens is 2. The van der Waals surface area contributed by atoms with Crippen LogP contribution in [0.3, 0.4) is 0 Å². The highest BCUT2D eigenvalue weighted by atomic mass is 35.5. The number of hydrogen-bond donors (Lipinski definition) is 0. The van der Waals surface area contributed by atoms with E-state index in [1.807, 2.05) is 31.2 Å². The lowest BCUT2D eigenvalue weighted by Crippen LogP contribution is -2.43. The number of anilines is 1. The maximum atomic E-state index is 12.7. The molecule has 0 spiro atoms. The van der Waals surface area contributed by atoms with Crippen LogP contribution < -0.4 is 4.90 Å². The summed E-state index contributed by atoms with van der Waals surface area (Å²) < 4.78 is 0. The van der Waals surface area contributed by atoms with Crippen LogP contribution >= 0.6 is 23.4 Å². The quantitative estimate of drug-likeness (QED) is 0.811.